The van der Waals surface area contributed by atoms with E-state index in [9.17, 15) is 0 Å². The summed E-state index contributed by atoms with van der Waals surface area (Å²) >= 11 is 0. The summed E-state index contributed by atoms with van der Waals surface area (Å²) in [4.78, 5) is 2.45. The van der Waals surface area contributed by atoms with Crippen molar-refractivity contribution >= 4 is 0 Å². The fourth-order valence-corrected chi connectivity index (χ4v) is 3.04. The minimum Gasteiger partial charge on any atom is -0.378 e. The number of likely N-dealkylation sites (N-methyl/N-ethyl adjacent to an activating group) is 1. The third-order valence-corrected chi connectivity index (χ3v) is 3.91. The van der Waals surface area contributed by atoms with Gasteiger partial charge < -0.3 is 10.1 Å². The van der Waals surface area contributed by atoms with Crippen LogP contribution in [0.15, 0.2) is 24.3 Å². The Bertz CT molecular complexity index is 388. The van der Waals surface area contributed by atoms with Gasteiger partial charge in [0.05, 0.1) is 25.3 Å². The van der Waals surface area contributed by atoms with E-state index in [-0.39, 0.29) is 0 Å². The second-order valence-electron chi connectivity index (χ2n) is 5.01. The molecule has 0 radical (unpaired) electrons. The lowest BCUT2D eigenvalue weighted by molar-refractivity contribution is 0.0380. The number of nitrogens with zero attached hydrogens (tertiary/aromatic N) is 1. The van der Waals surface area contributed by atoms with Crippen LogP contribution in [-0.4, -0.2) is 44.3 Å². The molecule has 3 heteroatoms. The number of fused-ring (bicyclic) bond motifs is 1. The molecule has 3 nitrogen and oxygen atoms in total. The van der Waals surface area contributed by atoms with E-state index in [2.05, 4.69) is 41.5 Å². The summed E-state index contributed by atoms with van der Waals surface area (Å²) in [5.41, 5.74) is 2.98. The molecule has 1 aromatic carbocycles. The van der Waals surface area contributed by atoms with Crippen molar-refractivity contribution in [2.24, 2.45) is 0 Å². The van der Waals surface area contributed by atoms with Crippen molar-refractivity contribution in [1.82, 2.24) is 10.2 Å². The van der Waals surface area contributed by atoms with Crippen molar-refractivity contribution < 1.29 is 4.74 Å². The number of nitrogens with one attached hydrogen (secondary N) is 1. The first-order valence-corrected chi connectivity index (χ1v) is 6.45. The van der Waals surface area contributed by atoms with E-state index >= 15 is 0 Å². The second kappa shape index (κ2) is 4.77. The van der Waals surface area contributed by atoms with Crippen molar-refractivity contribution in [3.8, 4) is 0 Å². The van der Waals surface area contributed by atoms with Crippen LogP contribution in [0, 0.1) is 0 Å². The number of morpholine rings is 1. The minimum absolute atomic E-state index is 0.426. The summed E-state index contributed by atoms with van der Waals surface area (Å²) in [6, 6.07) is 9.71. The highest BCUT2D eigenvalue weighted by Gasteiger charge is 2.32. The molecule has 0 saturated carbocycles. The van der Waals surface area contributed by atoms with Gasteiger partial charge in [-0.1, -0.05) is 24.3 Å². The zero-order valence-corrected chi connectivity index (χ0v) is 10.4. The zero-order valence-electron chi connectivity index (χ0n) is 10.4. The Morgan fingerprint density at radius 3 is 3.06 bits per heavy atom. The van der Waals surface area contributed by atoms with E-state index in [1.165, 1.54) is 11.1 Å². The molecule has 0 spiro atoms. The van der Waals surface area contributed by atoms with E-state index in [1.54, 1.807) is 0 Å². The molecule has 17 heavy (non-hydrogen) atoms. The topological polar surface area (TPSA) is 24.5 Å². The molecule has 0 aliphatic carbocycles. The highest BCUT2D eigenvalue weighted by Crippen LogP contribution is 2.31. The molecule has 2 aliphatic rings. The van der Waals surface area contributed by atoms with Gasteiger partial charge in [-0.2, -0.15) is 0 Å². The standard InChI is InChI=1S/C14H20N2O/c1-16-8-6-11-4-2-3-5-12(11)14(16)13-10-17-9-7-15-13/h2-5,13-15H,6-10H2,1H3. The summed E-state index contributed by atoms with van der Waals surface area (Å²) in [6.45, 7) is 3.77. The molecule has 2 aliphatic heterocycles. The predicted molar refractivity (Wildman–Crippen MR) is 68.1 cm³/mol. The largest absolute Gasteiger partial charge is 0.378 e. The van der Waals surface area contributed by atoms with E-state index in [0.29, 0.717) is 12.1 Å². The predicted octanol–water partition coefficient (Wildman–Crippen LogP) is 1.20. The molecule has 0 amide bonds. The van der Waals surface area contributed by atoms with Crippen LogP contribution in [0.25, 0.3) is 0 Å². The lowest BCUT2D eigenvalue weighted by atomic mass is 9.88. The Kier molecular flexibility index (Phi) is 3.14. The molecule has 92 valence electrons. The molecule has 0 bridgehead atoms. The van der Waals surface area contributed by atoms with Gasteiger partial charge in [0.15, 0.2) is 0 Å². The van der Waals surface area contributed by atoms with Crippen LogP contribution >= 0.6 is 0 Å². The van der Waals surface area contributed by atoms with Gasteiger partial charge in [0.1, 0.15) is 0 Å². The van der Waals surface area contributed by atoms with Gasteiger partial charge in [0, 0.05) is 13.1 Å². The molecule has 1 N–H and O–H groups in total. The van der Waals surface area contributed by atoms with E-state index in [4.69, 9.17) is 4.74 Å². The first kappa shape index (κ1) is 11.2. The first-order chi connectivity index (χ1) is 8.36. The van der Waals surface area contributed by atoms with Crippen LogP contribution in [0.5, 0.6) is 0 Å². The molecule has 1 saturated heterocycles. The molecule has 0 aromatic heterocycles. The normalized spacial score (nSPS) is 29.9. The number of ether oxygens (including phenoxy) is 1. The number of hydrogen-bond donors (Lipinski definition) is 1. The highest BCUT2D eigenvalue weighted by atomic mass is 16.5. The third kappa shape index (κ3) is 2.10. The average Bonchev–Trinajstić information content (AvgIpc) is 2.39. The summed E-state index contributed by atoms with van der Waals surface area (Å²) < 4.78 is 5.61. The Morgan fingerprint density at radius 1 is 1.35 bits per heavy atom. The van der Waals surface area contributed by atoms with E-state index in [1.807, 2.05) is 0 Å². The lowest BCUT2D eigenvalue weighted by Gasteiger charge is -2.41. The maximum absolute atomic E-state index is 5.61. The third-order valence-electron chi connectivity index (χ3n) is 3.91. The highest BCUT2D eigenvalue weighted by molar-refractivity contribution is 5.33. The molecule has 2 unspecified atom stereocenters. The van der Waals surface area contributed by atoms with Crippen LogP contribution < -0.4 is 5.32 Å². The molecular formula is C14H20N2O. The summed E-state index contributed by atoms with van der Waals surface area (Å²) in [6.07, 6.45) is 1.16. The van der Waals surface area contributed by atoms with E-state index in [0.717, 1.165) is 32.7 Å². The van der Waals surface area contributed by atoms with Crippen molar-refractivity contribution in [3.63, 3.8) is 0 Å². The van der Waals surface area contributed by atoms with Crippen molar-refractivity contribution in [2.75, 3.05) is 33.4 Å². The quantitative estimate of drug-likeness (QED) is 0.787. The SMILES string of the molecule is CN1CCc2ccccc2C1C1COCCN1. The maximum Gasteiger partial charge on any atom is 0.0639 e. The van der Waals surface area contributed by atoms with Gasteiger partial charge in [-0.3, -0.25) is 4.90 Å². The fraction of sp³-hybridized carbons (Fsp3) is 0.571. The smallest absolute Gasteiger partial charge is 0.0639 e. The van der Waals surface area contributed by atoms with Crippen molar-refractivity contribution in [3.05, 3.63) is 35.4 Å². The van der Waals surface area contributed by atoms with Gasteiger partial charge in [-0.05, 0) is 24.6 Å². The number of hydrogen-bond acceptors (Lipinski definition) is 3. The molecule has 1 aromatic rings. The Morgan fingerprint density at radius 2 is 2.24 bits per heavy atom. The van der Waals surface area contributed by atoms with Gasteiger partial charge in [-0.25, -0.2) is 0 Å². The van der Waals surface area contributed by atoms with Crippen LogP contribution in [0.2, 0.25) is 0 Å². The van der Waals surface area contributed by atoms with Crippen LogP contribution in [0.4, 0.5) is 0 Å². The Hall–Kier alpha value is -0.900. The lowest BCUT2D eigenvalue weighted by Crippen LogP contribution is -2.51. The van der Waals surface area contributed by atoms with E-state index < -0.39 is 0 Å². The number of benzene rings is 1. The summed E-state index contributed by atoms with van der Waals surface area (Å²) in [5.74, 6) is 0. The van der Waals surface area contributed by atoms with Crippen molar-refractivity contribution in [2.45, 2.75) is 18.5 Å². The second-order valence-corrected chi connectivity index (χ2v) is 5.01. The fourth-order valence-electron chi connectivity index (χ4n) is 3.04. The summed E-state index contributed by atoms with van der Waals surface area (Å²) in [7, 11) is 2.22. The zero-order chi connectivity index (χ0) is 11.7. The van der Waals surface area contributed by atoms with Gasteiger partial charge >= 0.3 is 0 Å². The van der Waals surface area contributed by atoms with Gasteiger partial charge in [0.2, 0.25) is 0 Å². The maximum atomic E-state index is 5.61. The van der Waals surface area contributed by atoms with Gasteiger partial charge in [0.25, 0.3) is 0 Å². The average molecular weight is 232 g/mol. The molecule has 3 rings (SSSR count). The molecular weight excluding hydrogens is 212 g/mol. The Balaban J connectivity index is 1.91. The van der Waals surface area contributed by atoms with Crippen LogP contribution in [-0.2, 0) is 11.2 Å². The van der Waals surface area contributed by atoms with Crippen LogP contribution in [0.3, 0.4) is 0 Å². The minimum atomic E-state index is 0.426. The summed E-state index contributed by atoms with van der Waals surface area (Å²) in [5, 5.41) is 3.59. The first-order valence-electron chi connectivity index (χ1n) is 6.45. The number of rotatable bonds is 1. The monoisotopic (exact) mass is 232 g/mol. The molecule has 2 atom stereocenters. The Labute approximate surface area is 103 Å². The van der Waals surface area contributed by atoms with Crippen molar-refractivity contribution in [1.29, 1.82) is 0 Å². The van der Waals surface area contributed by atoms with Crippen LogP contribution in [0.1, 0.15) is 17.2 Å². The molecule has 2 heterocycles. The van der Waals surface area contributed by atoms with Gasteiger partial charge in [-0.15, -0.1) is 0 Å². The molecule has 1 fully saturated rings.